The Bertz CT molecular complexity index is 2700. The summed E-state index contributed by atoms with van der Waals surface area (Å²) in [6, 6.07) is 41.0. The molecule has 10 rings (SSSR count). The quantitative estimate of drug-likeness (QED) is 0.198. The highest BCUT2D eigenvalue weighted by Gasteiger charge is 2.22. The molecule has 0 N–H and O–H groups in total. The van der Waals surface area contributed by atoms with Crippen LogP contribution in [0.4, 0.5) is 0 Å². The van der Waals surface area contributed by atoms with Gasteiger partial charge in [-0.1, -0.05) is 91.0 Å². The highest BCUT2D eigenvalue weighted by Crippen LogP contribution is 2.42. The number of rotatable bonds is 4. The van der Waals surface area contributed by atoms with Crippen molar-refractivity contribution in [2.24, 2.45) is 0 Å². The topological polar surface area (TPSA) is 43.9 Å². The number of aromatic nitrogens is 3. The molecule has 0 radical (unpaired) electrons. The van der Waals surface area contributed by atoms with E-state index in [0.717, 1.165) is 97.7 Å². The second kappa shape index (κ2) is 10.8. The van der Waals surface area contributed by atoms with E-state index < -0.39 is 0 Å². The number of hydrogen-bond donors (Lipinski definition) is 0. The molecule has 0 atom stereocenters. The van der Waals surface area contributed by atoms with E-state index in [-0.39, 0.29) is 0 Å². The third-order valence-electron chi connectivity index (χ3n) is 9.91. The highest BCUT2D eigenvalue weighted by molar-refractivity contribution is 6.21. The molecule has 0 aliphatic heterocycles. The van der Waals surface area contributed by atoms with Crippen molar-refractivity contribution in [2.75, 3.05) is 0 Å². The molecular weight excluding hydrogens is 587 g/mol. The van der Waals surface area contributed by atoms with E-state index in [4.69, 9.17) is 14.4 Å². The summed E-state index contributed by atoms with van der Waals surface area (Å²) in [4.78, 5) is 10.5. The van der Waals surface area contributed by atoms with E-state index in [1.165, 1.54) is 22.1 Å². The fourth-order valence-electron chi connectivity index (χ4n) is 7.62. The van der Waals surface area contributed by atoms with Gasteiger partial charge in [0, 0.05) is 38.4 Å². The summed E-state index contributed by atoms with van der Waals surface area (Å²) in [6.45, 7) is 0. The number of fused-ring (bicyclic) bond motifs is 8. The van der Waals surface area contributed by atoms with Gasteiger partial charge < -0.3 is 8.98 Å². The van der Waals surface area contributed by atoms with Crippen LogP contribution in [-0.2, 0) is 6.42 Å². The predicted molar refractivity (Wildman–Crippen MR) is 197 cm³/mol. The number of aryl methyl sites for hydroxylation is 1. The first-order valence-corrected chi connectivity index (χ1v) is 16.8. The number of hydrogen-bond acceptors (Lipinski definition) is 3. The molecule has 0 fully saturated rings. The van der Waals surface area contributed by atoms with Gasteiger partial charge in [-0.3, -0.25) is 0 Å². The van der Waals surface area contributed by atoms with Crippen LogP contribution in [0.25, 0.3) is 90.5 Å². The van der Waals surface area contributed by atoms with Crippen LogP contribution in [0, 0.1) is 0 Å². The molecule has 0 spiro atoms. The van der Waals surface area contributed by atoms with Gasteiger partial charge in [0.1, 0.15) is 11.3 Å². The summed E-state index contributed by atoms with van der Waals surface area (Å²) in [5, 5.41) is 5.60. The average molecular weight is 618 g/mol. The summed E-state index contributed by atoms with van der Waals surface area (Å²) in [5.41, 5.74) is 11.1. The van der Waals surface area contributed by atoms with Crippen molar-refractivity contribution in [3.05, 3.63) is 143 Å². The van der Waals surface area contributed by atoms with E-state index in [2.05, 4.69) is 144 Å². The predicted octanol–water partition coefficient (Wildman–Crippen LogP) is 9.64. The van der Waals surface area contributed by atoms with Crippen LogP contribution in [-0.4, -0.2) is 14.5 Å². The van der Waals surface area contributed by atoms with E-state index in [9.17, 15) is 0 Å². The van der Waals surface area contributed by atoms with Crippen LogP contribution in [0.3, 0.4) is 0 Å². The molecule has 0 unspecified atom stereocenters. The second-order valence-electron chi connectivity index (χ2n) is 12.7. The minimum Gasteiger partial charge on any atom is -0.456 e. The second-order valence-corrected chi connectivity index (χ2v) is 12.7. The van der Waals surface area contributed by atoms with E-state index in [1.807, 2.05) is 0 Å². The summed E-state index contributed by atoms with van der Waals surface area (Å²) in [6.07, 6.45) is 12.9. The van der Waals surface area contributed by atoms with Crippen molar-refractivity contribution in [1.82, 2.24) is 14.5 Å². The monoisotopic (exact) mass is 617 g/mol. The Morgan fingerprint density at radius 3 is 2.19 bits per heavy atom. The number of allylic oxidation sites excluding steroid dienone is 1. The van der Waals surface area contributed by atoms with Gasteiger partial charge >= 0.3 is 0 Å². The number of furan rings is 1. The van der Waals surface area contributed by atoms with Gasteiger partial charge in [0.2, 0.25) is 0 Å². The van der Waals surface area contributed by atoms with Crippen LogP contribution in [0.2, 0.25) is 0 Å². The molecule has 4 heteroatoms. The van der Waals surface area contributed by atoms with Crippen molar-refractivity contribution in [3.63, 3.8) is 0 Å². The molecule has 3 aromatic heterocycles. The van der Waals surface area contributed by atoms with Gasteiger partial charge in [-0.25, -0.2) is 9.97 Å². The Balaban J connectivity index is 1.20. The number of benzene rings is 5. The van der Waals surface area contributed by atoms with Crippen molar-refractivity contribution in [2.45, 2.75) is 25.7 Å². The molecular formula is C44H31N3O. The zero-order valence-electron chi connectivity index (χ0n) is 26.4. The normalized spacial score (nSPS) is 13.8. The maximum absolute atomic E-state index is 6.66. The molecule has 0 saturated carbocycles. The van der Waals surface area contributed by atoms with Crippen LogP contribution in [0.5, 0.6) is 0 Å². The molecule has 228 valence electrons. The minimum atomic E-state index is 0.735. The van der Waals surface area contributed by atoms with Gasteiger partial charge in [0.15, 0.2) is 5.82 Å². The molecule has 5 aromatic carbocycles. The largest absolute Gasteiger partial charge is 0.456 e. The maximum Gasteiger partial charge on any atom is 0.160 e. The van der Waals surface area contributed by atoms with E-state index in [0.29, 0.717) is 0 Å². The standard InChI is InChI=1S/C44H31N3O/c1-3-11-28(12-4-1)29-19-21-30(22-20-29)42-35-16-7-9-17-37(35)45-44(46-42)31-23-25-38-36(27-31)41-39(47(38)32-13-5-2-6-14-32)26-24-34-33-15-8-10-18-40(33)48-43(34)41/h1-6,10-14,16-27H,7-9,15H2. The van der Waals surface area contributed by atoms with Gasteiger partial charge in [-0.2, -0.15) is 0 Å². The molecule has 4 nitrogen and oxygen atoms in total. The molecule has 8 aromatic rings. The fourth-order valence-corrected chi connectivity index (χ4v) is 7.62. The van der Waals surface area contributed by atoms with Crippen LogP contribution in [0.1, 0.15) is 30.6 Å². The van der Waals surface area contributed by atoms with Gasteiger partial charge in [0.05, 0.1) is 27.5 Å². The first kappa shape index (κ1) is 27.1. The number of nitrogens with zero attached hydrogens (tertiary/aromatic N) is 3. The Morgan fingerprint density at radius 1 is 0.604 bits per heavy atom. The zero-order valence-corrected chi connectivity index (χ0v) is 26.4. The zero-order chi connectivity index (χ0) is 31.6. The molecule has 0 bridgehead atoms. The van der Waals surface area contributed by atoms with Crippen molar-refractivity contribution < 1.29 is 4.42 Å². The first-order valence-electron chi connectivity index (χ1n) is 16.8. The van der Waals surface area contributed by atoms with E-state index in [1.54, 1.807) is 0 Å². The Hall–Kier alpha value is -6.00. The average Bonchev–Trinajstić information content (AvgIpc) is 3.70. The first-order chi connectivity index (χ1) is 23.8. The van der Waals surface area contributed by atoms with Crippen molar-refractivity contribution in [1.29, 1.82) is 0 Å². The Morgan fingerprint density at radius 2 is 1.33 bits per heavy atom. The molecule has 2 aliphatic carbocycles. The summed E-state index contributed by atoms with van der Waals surface area (Å²) in [5.74, 6) is 1.71. The lowest BCUT2D eigenvalue weighted by atomic mass is 9.99. The smallest absolute Gasteiger partial charge is 0.160 e. The molecule has 0 saturated heterocycles. The van der Waals surface area contributed by atoms with E-state index >= 15 is 0 Å². The van der Waals surface area contributed by atoms with Crippen LogP contribution >= 0.6 is 0 Å². The maximum atomic E-state index is 6.66. The minimum absolute atomic E-state index is 0.735. The Kier molecular flexibility index (Phi) is 6.10. The third kappa shape index (κ3) is 4.22. The fraction of sp³-hybridized carbons (Fsp3) is 0.0909. The van der Waals surface area contributed by atoms with Gasteiger partial charge in [0.25, 0.3) is 0 Å². The summed E-state index contributed by atoms with van der Waals surface area (Å²) < 4.78 is 9.01. The lowest BCUT2D eigenvalue weighted by molar-refractivity contribution is 0.598. The number of para-hydroxylation sites is 1. The Labute approximate surface area is 277 Å². The lowest BCUT2D eigenvalue weighted by Gasteiger charge is -2.11. The van der Waals surface area contributed by atoms with Crippen molar-refractivity contribution >= 4 is 51.0 Å². The summed E-state index contributed by atoms with van der Waals surface area (Å²) >= 11 is 0. The molecule has 48 heavy (non-hydrogen) atoms. The third-order valence-corrected chi connectivity index (χ3v) is 9.91. The molecule has 2 aliphatic rings. The SMILES string of the molecule is C1=Cc2oc3c(ccc4c3c3cc(-c5nc(-c6ccc(-c7ccccc7)cc6)c6c(n5)=CCCC=6)ccc3n4-c3ccccc3)c2CC1. The summed E-state index contributed by atoms with van der Waals surface area (Å²) in [7, 11) is 0. The van der Waals surface area contributed by atoms with Gasteiger partial charge in [-0.15, -0.1) is 0 Å². The lowest BCUT2D eigenvalue weighted by Crippen LogP contribution is -2.33. The highest BCUT2D eigenvalue weighted by atomic mass is 16.3. The van der Waals surface area contributed by atoms with Gasteiger partial charge in [-0.05, 0) is 85.4 Å². The molecule has 3 heterocycles. The van der Waals surface area contributed by atoms with Crippen LogP contribution in [0.15, 0.2) is 126 Å². The molecule has 0 amide bonds. The van der Waals surface area contributed by atoms with Crippen molar-refractivity contribution in [3.8, 4) is 39.5 Å². The van der Waals surface area contributed by atoms with Crippen LogP contribution < -0.4 is 10.6 Å².